The van der Waals surface area contributed by atoms with Gasteiger partial charge in [-0.15, -0.1) is 12.4 Å². The van der Waals surface area contributed by atoms with Crippen LogP contribution in [0.5, 0.6) is 5.75 Å². The highest BCUT2D eigenvalue weighted by Gasteiger charge is 2.45. The van der Waals surface area contributed by atoms with Crippen molar-refractivity contribution in [3.63, 3.8) is 0 Å². The largest absolute Gasteiger partial charge is 0.492 e. The van der Waals surface area contributed by atoms with Gasteiger partial charge in [0.25, 0.3) is 0 Å². The molecule has 2 fully saturated rings. The van der Waals surface area contributed by atoms with Gasteiger partial charge >= 0.3 is 5.97 Å². The molecule has 1 N–H and O–H groups in total. The molecule has 0 amide bonds. The van der Waals surface area contributed by atoms with Crippen molar-refractivity contribution in [3.8, 4) is 5.75 Å². The smallest absolute Gasteiger partial charge is 0.304 e. The van der Waals surface area contributed by atoms with Crippen LogP contribution in [0.25, 0.3) is 0 Å². The Kier molecular flexibility index (Phi) is 5.78. The van der Waals surface area contributed by atoms with Crippen molar-refractivity contribution in [2.24, 2.45) is 0 Å². The van der Waals surface area contributed by atoms with E-state index in [0.717, 1.165) is 43.7 Å². The lowest BCUT2D eigenvalue weighted by atomic mass is 9.74. The van der Waals surface area contributed by atoms with Crippen LogP contribution in [0.1, 0.15) is 54.2 Å². The summed E-state index contributed by atoms with van der Waals surface area (Å²) in [6.07, 6.45) is 3.19. The minimum atomic E-state index is -0.735. The van der Waals surface area contributed by atoms with E-state index in [2.05, 4.69) is 23.1 Å². The SMILES string of the molecule is Cl.O=C(O)CCN1CCC2(CC1)COc1cc(C3CC3c3ccccc3F)ccc12. The second kappa shape index (κ2) is 8.20. The quantitative estimate of drug-likeness (QED) is 0.744. The molecule has 2 unspecified atom stereocenters. The summed E-state index contributed by atoms with van der Waals surface area (Å²) in [5, 5.41) is 8.89. The number of carboxylic acid groups (broad SMARTS) is 1. The molecule has 0 bridgehead atoms. The Morgan fingerprint density at radius 2 is 1.93 bits per heavy atom. The zero-order valence-electron chi connectivity index (χ0n) is 16.9. The second-order valence-corrected chi connectivity index (χ2v) is 8.78. The number of fused-ring (bicyclic) bond motifs is 2. The number of carboxylic acids is 1. The van der Waals surface area contributed by atoms with Crippen molar-refractivity contribution in [3.05, 3.63) is 65.0 Å². The molecule has 1 spiro atoms. The molecule has 1 aliphatic carbocycles. The van der Waals surface area contributed by atoms with Gasteiger partial charge in [-0.2, -0.15) is 0 Å². The molecule has 3 aliphatic rings. The molecule has 2 aromatic rings. The van der Waals surface area contributed by atoms with Crippen LogP contribution in [0.15, 0.2) is 42.5 Å². The van der Waals surface area contributed by atoms with E-state index in [1.54, 1.807) is 12.1 Å². The summed E-state index contributed by atoms with van der Waals surface area (Å²) in [6.45, 7) is 3.16. The summed E-state index contributed by atoms with van der Waals surface area (Å²) in [5.74, 6) is 0.783. The van der Waals surface area contributed by atoms with E-state index >= 15 is 0 Å². The van der Waals surface area contributed by atoms with E-state index in [1.807, 2.05) is 12.1 Å². The van der Waals surface area contributed by atoms with Crippen molar-refractivity contribution in [1.82, 2.24) is 4.90 Å². The first-order chi connectivity index (χ1) is 14.1. The number of carbonyl (C=O) groups is 1. The first kappa shape index (κ1) is 21.1. The molecule has 30 heavy (non-hydrogen) atoms. The molecular weight excluding hydrogens is 405 g/mol. The minimum Gasteiger partial charge on any atom is -0.492 e. The number of hydrogen-bond acceptors (Lipinski definition) is 3. The Hall–Kier alpha value is -2.11. The van der Waals surface area contributed by atoms with Crippen LogP contribution in [-0.4, -0.2) is 42.2 Å². The minimum absolute atomic E-state index is 0. The van der Waals surface area contributed by atoms with Crippen molar-refractivity contribution < 1.29 is 19.0 Å². The number of piperidine rings is 1. The number of rotatable bonds is 5. The molecule has 4 nitrogen and oxygen atoms in total. The van der Waals surface area contributed by atoms with Gasteiger partial charge in [-0.1, -0.05) is 30.3 Å². The molecule has 6 heteroatoms. The summed E-state index contributed by atoms with van der Waals surface area (Å²) >= 11 is 0. The van der Waals surface area contributed by atoms with E-state index in [4.69, 9.17) is 9.84 Å². The Labute approximate surface area is 182 Å². The lowest BCUT2D eigenvalue weighted by molar-refractivity contribution is -0.137. The molecule has 1 saturated heterocycles. The van der Waals surface area contributed by atoms with Gasteiger partial charge in [0.05, 0.1) is 13.0 Å². The average molecular weight is 432 g/mol. The van der Waals surface area contributed by atoms with Crippen LogP contribution >= 0.6 is 12.4 Å². The van der Waals surface area contributed by atoms with E-state index in [9.17, 15) is 9.18 Å². The number of halogens is 2. The molecule has 2 heterocycles. The second-order valence-electron chi connectivity index (χ2n) is 8.78. The topological polar surface area (TPSA) is 49.8 Å². The molecule has 1 saturated carbocycles. The third-order valence-electron chi connectivity index (χ3n) is 7.06. The van der Waals surface area contributed by atoms with Crippen LogP contribution in [0, 0.1) is 5.82 Å². The fraction of sp³-hybridized carbons (Fsp3) is 0.458. The van der Waals surface area contributed by atoms with E-state index < -0.39 is 5.97 Å². The van der Waals surface area contributed by atoms with Crippen LogP contribution in [0.2, 0.25) is 0 Å². The molecule has 5 rings (SSSR count). The van der Waals surface area contributed by atoms with Crippen molar-refractivity contribution >= 4 is 18.4 Å². The molecule has 2 aliphatic heterocycles. The van der Waals surface area contributed by atoms with Gasteiger partial charge in [0, 0.05) is 17.5 Å². The summed E-state index contributed by atoms with van der Waals surface area (Å²) in [4.78, 5) is 13.1. The van der Waals surface area contributed by atoms with Gasteiger partial charge in [0.2, 0.25) is 0 Å². The average Bonchev–Trinajstić information content (AvgIpc) is 3.45. The molecule has 2 aromatic carbocycles. The number of hydrogen-bond donors (Lipinski definition) is 1. The first-order valence-corrected chi connectivity index (χ1v) is 10.5. The van der Waals surface area contributed by atoms with Gasteiger partial charge < -0.3 is 14.7 Å². The zero-order chi connectivity index (χ0) is 20.0. The predicted molar refractivity (Wildman–Crippen MR) is 115 cm³/mol. The molecule has 160 valence electrons. The lowest BCUT2D eigenvalue weighted by Crippen LogP contribution is -2.44. The monoisotopic (exact) mass is 431 g/mol. The summed E-state index contributed by atoms with van der Waals surface area (Å²) < 4.78 is 20.2. The Morgan fingerprint density at radius 3 is 2.67 bits per heavy atom. The highest BCUT2D eigenvalue weighted by Crippen LogP contribution is 2.56. The van der Waals surface area contributed by atoms with Crippen molar-refractivity contribution in [2.75, 3.05) is 26.2 Å². The third-order valence-corrected chi connectivity index (χ3v) is 7.06. The highest BCUT2D eigenvalue weighted by molar-refractivity contribution is 5.85. The van der Waals surface area contributed by atoms with Gasteiger partial charge in [-0.3, -0.25) is 4.79 Å². The predicted octanol–water partition coefficient (Wildman–Crippen LogP) is 4.72. The maximum atomic E-state index is 14.1. The normalized spacial score (nSPS) is 24.0. The van der Waals surface area contributed by atoms with Crippen LogP contribution in [-0.2, 0) is 10.2 Å². The standard InChI is InChI=1S/C24H26FNO3.ClH/c25-21-4-2-1-3-17(21)19-14-18(19)16-5-6-20-22(13-16)29-15-24(20)8-11-26(12-9-24)10-7-23(27)28;/h1-6,13,18-19H,7-12,14-15H2,(H,27,28);1H. The fourth-order valence-electron chi connectivity index (χ4n) is 5.18. The van der Waals surface area contributed by atoms with Crippen molar-refractivity contribution in [1.29, 1.82) is 0 Å². The number of nitrogens with zero attached hydrogens (tertiary/aromatic N) is 1. The highest BCUT2D eigenvalue weighted by atomic mass is 35.5. The van der Waals surface area contributed by atoms with Crippen LogP contribution in [0.4, 0.5) is 4.39 Å². The van der Waals surface area contributed by atoms with Gasteiger partial charge in [0.1, 0.15) is 11.6 Å². The summed E-state index contributed by atoms with van der Waals surface area (Å²) in [6, 6.07) is 13.7. The van der Waals surface area contributed by atoms with Crippen LogP contribution in [0.3, 0.4) is 0 Å². The fourth-order valence-corrected chi connectivity index (χ4v) is 5.18. The van der Waals surface area contributed by atoms with Gasteiger partial charge in [-0.05, 0) is 67.4 Å². The number of benzene rings is 2. The number of ether oxygens (including phenoxy) is 1. The van der Waals surface area contributed by atoms with E-state index in [1.165, 1.54) is 11.1 Å². The van der Waals surface area contributed by atoms with Crippen molar-refractivity contribution in [2.45, 2.75) is 42.9 Å². The Bertz CT molecular complexity index is 942. The molecule has 2 atom stereocenters. The maximum absolute atomic E-state index is 14.1. The number of aliphatic carboxylic acids is 1. The summed E-state index contributed by atoms with van der Waals surface area (Å²) in [7, 11) is 0. The van der Waals surface area contributed by atoms with Crippen LogP contribution < -0.4 is 4.74 Å². The Balaban J connectivity index is 0.00000218. The molecule has 0 radical (unpaired) electrons. The van der Waals surface area contributed by atoms with Gasteiger partial charge in [0.15, 0.2) is 0 Å². The molecule has 0 aromatic heterocycles. The number of likely N-dealkylation sites (tertiary alicyclic amines) is 1. The third kappa shape index (κ3) is 3.81. The lowest BCUT2D eigenvalue weighted by Gasteiger charge is -2.38. The first-order valence-electron chi connectivity index (χ1n) is 10.5. The summed E-state index contributed by atoms with van der Waals surface area (Å²) in [5.41, 5.74) is 3.42. The van der Waals surface area contributed by atoms with E-state index in [0.29, 0.717) is 19.1 Å². The molecular formula is C24H27ClFNO3. The maximum Gasteiger partial charge on any atom is 0.304 e. The van der Waals surface area contributed by atoms with Gasteiger partial charge in [-0.25, -0.2) is 4.39 Å². The zero-order valence-corrected chi connectivity index (χ0v) is 17.7. The van der Waals surface area contributed by atoms with E-state index in [-0.39, 0.29) is 36.0 Å². The Morgan fingerprint density at radius 1 is 1.17 bits per heavy atom.